The number of amides is 1. The van der Waals surface area contributed by atoms with Crippen molar-refractivity contribution in [3.63, 3.8) is 0 Å². The highest BCUT2D eigenvalue weighted by Gasteiger charge is 2.13. The number of carbonyl (C=O) groups is 1. The van der Waals surface area contributed by atoms with E-state index < -0.39 is 0 Å². The van der Waals surface area contributed by atoms with Crippen LogP contribution in [0.15, 0.2) is 54.6 Å². The van der Waals surface area contributed by atoms with Crippen LogP contribution in [0.4, 0.5) is 15.9 Å². The van der Waals surface area contributed by atoms with Gasteiger partial charge in [-0.25, -0.2) is 9.37 Å². The summed E-state index contributed by atoms with van der Waals surface area (Å²) in [6, 6.07) is 14.4. The number of rotatable bonds is 4. The topological polar surface area (TPSA) is 77.2 Å². The molecule has 0 aliphatic heterocycles. The molecule has 0 aliphatic carbocycles. The number of hydrogen-bond acceptors (Lipinski definition) is 4. The largest absolute Gasteiger partial charge is 0.457 e. The Morgan fingerprint density at radius 3 is 2.50 bits per heavy atom. The maximum absolute atomic E-state index is 13.3. The summed E-state index contributed by atoms with van der Waals surface area (Å²) < 4.78 is 18.9. The summed E-state index contributed by atoms with van der Waals surface area (Å²) in [6.07, 6.45) is 0. The van der Waals surface area contributed by atoms with Gasteiger partial charge in [0.2, 0.25) is 0 Å². The molecule has 3 rings (SSSR count). The fourth-order valence-electron chi connectivity index (χ4n) is 2.41. The number of hydrogen-bond donors (Lipinski definition) is 2. The van der Waals surface area contributed by atoms with Gasteiger partial charge >= 0.3 is 0 Å². The minimum absolute atomic E-state index is 0.178. The molecule has 0 radical (unpaired) electrons. The molecule has 3 aromatic rings. The van der Waals surface area contributed by atoms with E-state index >= 15 is 0 Å². The smallest absolute Gasteiger partial charge is 0.259 e. The van der Waals surface area contributed by atoms with Gasteiger partial charge < -0.3 is 15.8 Å². The summed E-state index contributed by atoms with van der Waals surface area (Å²) >= 11 is 0. The standard InChI is InChI=1S/C20H18FN3O2/c1-12-9-18(19(22)23-13(12)2)20(25)24-15-6-4-8-17(11-15)26-16-7-3-5-14(21)10-16/h3-11H,1-2H3,(H2,22,23)(H,24,25). The van der Waals surface area contributed by atoms with Crippen LogP contribution < -0.4 is 15.8 Å². The van der Waals surface area contributed by atoms with Crippen molar-refractivity contribution >= 4 is 17.4 Å². The van der Waals surface area contributed by atoms with E-state index in [9.17, 15) is 9.18 Å². The monoisotopic (exact) mass is 351 g/mol. The van der Waals surface area contributed by atoms with Gasteiger partial charge in [-0.3, -0.25) is 4.79 Å². The van der Waals surface area contributed by atoms with Crippen molar-refractivity contribution in [3.05, 3.63) is 77.2 Å². The predicted molar refractivity (Wildman–Crippen MR) is 99.0 cm³/mol. The number of aryl methyl sites for hydroxylation is 2. The van der Waals surface area contributed by atoms with Crippen LogP contribution in [0.2, 0.25) is 0 Å². The van der Waals surface area contributed by atoms with E-state index in [0.29, 0.717) is 22.7 Å². The van der Waals surface area contributed by atoms with Crippen LogP contribution in [0.5, 0.6) is 11.5 Å². The van der Waals surface area contributed by atoms with E-state index in [1.807, 2.05) is 13.8 Å². The first-order valence-electron chi connectivity index (χ1n) is 8.01. The van der Waals surface area contributed by atoms with Gasteiger partial charge in [-0.1, -0.05) is 12.1 Å². The molecule has 5 nitrogen and oxygen atoms in total. The van der Waals surface area contributed by atoms with Gasteiger partial charge in [0, 0.05) is 23.5 Å². The third-order valence-electron chi connectivity index (χ3n) is 3.86. The van der Waals surface area contributed by atoms with Crippen LogP contribution in [0.1, 0.15) is 21.6 Å². The van der Waals surface area contributed by atoms with Crippen molar-refractivity contribution in [2.75, 3.05) is 11.1 Å². The Hall–Kier alpha value is -3.41. The molecule has 1 amide bonds. The summed E-state index contributed by atoms with van der Waals surface area (Å²) in [5.41, 5.74) is 8.36. The SMILES string of the molecule is Cc1cc(C(=O)Nc2cccc(Oc3cccc(F)c3)c2)c(N)nc1C. The lowest BCUT2D eigenvalue weighted by Crippen LogP contribution is -2.15. The number of carbonyl (C=O) groups excluding carboxylic acids is 1. The zero-order valence-electron chi connectivity index (χ0n) is 14.4. The highest BCUT2D eigenvalue weighted by molar-refractivity contribution is 6.07. The van der Waals surface area contributed by atoms with E-state index in [0.717, 1.165) is 11.3 Å². The summed E-state index contributed by atoms with van der Waals surface area (Å²) in [7, 11) is 0. The average Bonchev–Trinajstić information content (AvgIpc) is 2.58. The van der Waals surface area contributed by atoms with Gasteiger partial charge in [-0.15, -0.1) is 0 Å². The number of nitrogens with two attached hydrogens (primary N) is 1. The predicted octanol–water partition coefficient (Wildman–Crippen LogP) is 4.46. The number of ether oxygens (including phenoxy) is 1. The van der Waals surface area contributed by atoms with Crippen LogP contribution >= 0.6 is 0 Å². The van der Waals surface area contributed by atoms with Crippen LogP contribution in [0.25, 0.3) is 0 Å². The number of pyridine rings is 1. The zero-order valence-corrected chi connectivity index (χ0v) is 14.4. The van der Waals surface area contributed by atoms with Crippen molar-refractivity contribution in [1.29, 1.82) is 0 Å². The second kappa shape index (κ2) is 7.23. The summed E-state index contributed by atoms with van der Waals surface area (Å²) in [6.45, 7) is 3.70. The quantitative estimate of drug-likeness (QED) is 0.727. The van der Waals surface area contributed by atoms with Gasteiger partial charge in [0.25, 0.3) is 5.91 Å². The van der Waals surface area contributed by atoms with Crippen LogP contribution in [-0.2, 0) is 0 Å². The minimum Gasteiger partial charge on any atom is -0.457 e. The van der Waals surface area contributed by atoms with Crippen LogP contribution in [-0.4, -0.2) is 10.9 Å². The molecule has 0 bridgehead atoms. The number of aromatic nitrogens is 1. The average molecular weight is 351 g/mol. The van der Waals surface area contributed by atoms with Crippen LogP contribution in [0.3, 0.4) is 0 Å². The van der Waals surface area contributed by atoms with Crippen LogP contribution in [0, 0.1) is 19.7 Å². The number of nitrogens with one attached hydrogen (secondary N) is 1. The van der Waals surface area contributed by atoms with Gasteiger partial charge in [-0.05, 0) is 49.7 Å². The van der Waals surface area contributed by atoms with E-state index in [1.165, 1.54) is 12.1 Å². The minimum atomic E-state index is -0.385. The number of nitrogens with zero attached hydrogens (tertiary/aromatic N) is 1. The van der Waals surface area contributed by atoms with Crippen molar-refractivity contribution in [1.82, 2.24) is 4.98 Å². The second-order valence-electron chi connectivity index (χ2n) is 5.86. The second-order valence-corrected chi connectivity index (χ2v) is 5.86. The summed E-state index contributed by atoms with van der Waals surface area (Å²) in [4.78, 5) is 16.7. The lowest BCUT2D eigenvalue weighted by molar-refractivity contribution is 0.102. The first kappa shape index (κ1) is 17.4. The lowest BCUT2D eigenvalue weighted by atomic mass is 10.1. The number of anilines is 2. The molecule has 1 heterocycles. The fraction of sp³-hybridized carbons (Fsp3) is 0.100. The molecule has 0 saturated heterocycles. The van der Waals surface area contributed by atoms with Crippen molar-refractivity contribution in [2.45, 2.75) is 13.8 Å². The normalized spacial score (nSPS) is 10.4. The molecule has 0 atom stereocenters. The Morgan fingerprint density at radius 1 is 1.08 bits per heavy atom. The molecule has 0 saturated carbocycles. The molecule has 132 valence electrons. The van der Waals surface area contributed by atoms with Crippen molar-refractivity contribution in [3.8, 4) is 11.5 Å². The highest BCUT2D eigenvalue weighted by Crippen LogP contribution is 2.25. The third kappa shape index (κ3) is 3.97. The molecule has 0 spiro atoms. The van der Waals surface area contributed by atoms with Gasteiger partial charge in [0.05, 0.1) is 5.56 Å². The Bertz CT molecular complexity index is 973. The molecule has 0 aliphatic rings. The molecular formula is C20H18FN3O2. The highest BCUT2D eigenvalue weighted by atomic mass is 19.1. The van der Waals surface area contributed by atoms with Crippen molar-refractivity contribution in [2.24, 2.45) is 0 Å². The molecule has 0 unspecified atom stereocenters. The number of nitrogen functional groups attached to an aromatic ring is 1. The zero-order chi connectivity index (χ0) is 18.7. The van der Waals surface area contributed by atoms with E-state index in [4.69, 9.17) is 10.5 Å². The third-order valence-corrected chi connectivity index (χ3v) is 3.86. The summed E-state index contributed by atoms with van der Waals surface area (Å²) in [5, 5.41) is 2.77. The molecule has 0 fully saturated rings. The molecule has 26 heavy (non-hydrogen) atoms. The maximum atomic E-state index is 13.3. The maximum Gasteiger partial charge on any atom is 0.259 e. The van der Waals surface area contributed by atoms with E-state index in [2.05, 4.69) is 10.3 Å². The van der Waals surface area contributed by atoms with Gasteiger partial charge in [0.15, 0.2) is 0 Å². The van der Waals surface area contributed by atoms with Crippen molar-refractivity contribution < 1.29 is 13.9 Å². The molecular weight excluding hydrogens is 333 g/mol. The Morgan fingerprint density at radius 2 is 1.77 bits per heavy atom. The number of benzene rings is 2. The molecule has 6 heteroatoms. The first-order valence-corrected chi connectivity index (χ1v) is 8.01. The first-order chi connectivity index (χ1) is 12.4. The fourth-order valence-corrected chi connectivity index (χ4v) is 2.41. The summed E-state index contributed by atoms with van der Waals surface area (Å²) in [5.74, 6) is 0.277. The van der Waals surface area contributed by atoms with E-state index in [1.54, 1.807) is 42.5 Å². The Labute approximate surface area is 150 Å². The lowest BCUT2D eigenvalue weighted by Gasteiger charge is -2.11. The molecule has 1 aromatic heterocycles. The molecule has 3 N–H and O–H groups in total. The number of halogens is 1. The van der Waals surface area contributed by atoms with E-state index in [-0.39, 0.29) is 17.5 Å². The Balaban J connectivity index is 1.78. The van der Waals surface area contributed by atoms with Gasteiger partial charge in [0.1, 0.15) is 23.1 Å². The van der Waals surface area contributed by atoms with Gasteiger partial charge in [-0.2, -0.15) is 0 Å². The Kier molecular flexibility index (Phi) is 4.84. The molecule has 2 aromatic carbocycles.